The number of rotatable bonds is 4. The van der Waals surface area contributed by atoms with Gasteiger partial charge < -0.3 is 10.6 Å². The Labute approximate surface area is 117 Å². The molecule has 106 valence electrons. The van der Waals surface area contributed by atoms with Gasteiger partial charge in [-0.25, -0.2) is 0 Å². The van der Waals surface area contributed by atoms with E-state index in [9.17, 15) is 10.1 Å². The summed E-state index contributed by atoms with van der Waals surface area (Å²) in [6.07, 6.45) is 3.08. The summed E-state index contributed by atoms with van der Waals surface area (Å²) >= 11 is 0. The maximum Gasteiger partial charge on any atom is 0.293 e. The molecule has 0 bridgehead atoms. The fraction of sp³-hybridized carbons (Fsp3) is 0.500. The van der Waals surface area contributed by atoms with Gasteiger partial charge >= 0.3 is 0 Å². The van der Waals surface area contributed by atoms with Crippen LogP contribution in [0.4, 0.5) is 11.4 Å². The van der Waals surface area contributed by atoms with Crippen molar-refractivity contribution in [3.63, 3.8) is 0 Å². The van der Waals surface area contributed by atoms with Gasteiger partial charge in [-0.2, -0.15) is 5.26 Å². The highest BCUT2D eigenvalue weighted by molar-refractivity contribution is 5.65. The predicted molar refractivity (Wildman–Crippen MR) is 76.4 cm³/mol. The van der Waals surface area contributed by atoms with Gasteiger partial charge in [-0.15, -0.1) is 0 Å². The quantitative estimate of drug-likeness (QED) is 0.669. The third-order valence-electron chi connectivity index (χ3n) is 3.74. The molecule has 1 aromatic carbocycles. The summed E-state index contributed by atoms with van der Waals surface area (Å²) in [6.45, 7) is 2.26. The van der Waals surface area contributed by atoms with Crippen molar-refractivity contribution in [3.05, 3.63) is 33.9 Å². The number of anilines is 1. The van der Waals surface area contributed by atoms with Crippen LogP contribution in [-0.4, -0.2) is 24.6 Å². The van der Waals surface area contributed by atoms with Crippen LogP contribution in [0, 0.1) is 27.4 Å². The summed E-state index contributed by atoms with van der Waals surface area (Å²) in [6, 6.07) is 6.61. The average Bonchev–Trinajstić information content (AvgIpc) is 2.47. The van der Waals surface area contributed by atoms with E-state index in [-0.39, 0.29) is 5.69 Å². The maximum atomic E-state index is 11.2. The zero-order valence-corrected chi connectivity index (χ0v) is 11.3. The first kappa shape index (κ1) is 14.3. The van der Waals surface area contributed by atoms with Gasteiger partial charge in [-0.1, -0.05) is 0 Å². The Morgan fingerprint density at radius 1 is 1.55 bits per heavy atom. The molecule has 6 heteroatoms. The van der Waals surface area contributed by atoms with Gasteiger partial charge in [0, 0.05) is 19.2 Å². The van der Waals surface area contributed by atoms with Crippen molar-refractivity contribution < 1.29 is 4.92 Å². The van der Waals surface area contributed by atoms with Crippen LogP contribution in [0.15, 0.2) is 18.2 Å². The Balaban J connectivity index is 2.27. The number of nitriles is 1. The first-order chi connectivity index (χ1) is 9.65. The molecule has 1 unspecified atom stereocenters. The lowest BCUT2D eigenvalue weighted by Gasteiger charge is -2.34. The van der Waals surface area contributed by atoms with Crippen LogP contribution in [0.3, 0.4) is 0 Å². The average molecular weight is 274 g/mol. The van der Waals surface area contributed by atoms with Crippen LogP contribution in [0.1, 0.15) is 24.8 Å². The van der Waals surface area contributed by atoms with E-state index in [0.29, 0.717) is 23.7 Å². The Hall–Kier alpha value is -2.13. The standard InChI is InChI=1S/C14H18N4O2/c15-6-5-11-2-1-7-17(10-11)13-4-3-12(9-16)8-14(13)18(19)20/h3-4,8,11H,1-2,5-7,10,15H2. The molecule has 1 saturated heterocycles. The molecule has 1 atom stereocenters. The normalized spacial score (nSPS) is 18.6. The minimum absolute atomic E-state index is 0.0115. The number of nitro benzene ring substituents is 1. The Bertz CT molecular complexity index is 536. The molecule has 0 amide bonds. The van der Waals surface area contributed by atoms with Crippen molar-refractivity contribution in [1.82, 2.24) is 0 Å². The number of nitro groups is 1. The molecule has 0 spiro atoms. The molecule has 6 nitrogen and oxygen atoms in total. The fourth-order valence-corrected chi connectivity index (χ4v) is 2.76. The highest BCUT2D eigenvalue weighted by atomic mass is 16.6. The van der Waals surface area contributed by atoms with Crippen LogP contribution >= 0.6 is 0 Å². The molecule has 0 aromatic heterocycles. The van der Waals surface area contributed by atoms with Crippen LogP contribution in [0.2, 0.25) is 0 Å². The Morgan fingerprint density at radius 2 is 2.35 bits per heavy atom. The number of hydrogen-bond donors (Lipinski definition) is 1. The minimum Gasteiger partial charge on any atom is -0.366 e. The smallest absolute Gasteiger partial charge is 0.293 e. The molecule has 0 radical (unpaired) electrons. The molecule has 1 aromatic rings. The third kappa shape index (κ3) is 3.06. The number of nitrogens with zero attached hydrogens (tertiary/aromatic N) is 3. The van der Waals surface area contributed by atoms with Crippen molar-refractivity contribution in [2.45, 2.75) is 19.3 Å². The molecule has 0 aliphatic carbocycles. The fourth-order valence-electron chi connectivity index (χ4n) is 2.76. The molecule has 2 N–H and O–H groups in total. The van der Waals surface area contributed by atoms with Gasteiger partial charge in [-0.05, 0) is 43.9 Å². The van der Waals surface area contributed by atoms with Crippen molar-refractivity contribution in [1.29, 1.82) is 5.26 Å². The highest BCUT2D eigenvalue weighted by Crippen LogP contribution is 2.32. The summed E-state index contributed by atoms with van der Waals surface area (Å²) < 4.78 is 0. The molecular formula is C14H18N4O2. The summed E-state index contributed by atoms with van der Waals surface area (Å²) in [5.41, 5.74) is 6.53. The summed E-state index contributed by atoms with van der Waals surface area (Å²) in [5, 5.41) is 20.0. The second-order valence-corrected chi connectivity index (χ2v) is 5.10. The molecular weight excluding hydrogens is 256 g/mol. The monoisotopic (exact) mass is 274 g/mol. The van der Waals surface area contributed by atoms with E-state index in [2.05, 4.69) is 0 Å². The summed E-state index contributed by atoms with van der Waals surface area (Å²) in [5.74, 6) is 0.490. The molecule has 0 saturated carbocycles. The van der Waals surface area contributed by atoms with Crippen LogP contribution in [-0.2, 0) is 0 Å². The van der Waals surface area contributed by atoms with Gasteiger partial charge in [0.1, 0.15) is 5.69 Å². The van der Waals surface area contributed by atoms with Crippen molar-refractivity contribution in [2.75, 3.05) is 24.5 Å². The van der Waals surface area contributed by atoms with E-state index in [1.54, 1.807) is 12.1 Å². The van der Waals surface area contributed by atoms with Crippen LogP contribution in [0.25, 0.3) is 0 Å². The van der Waals surface area contributed by atoms with Gasteiger partial charge in [0.2, 0.25) is 0 Å². The van der Waals surface area contributed by atoms with Crippen molar-refractivity contribution >= 4 is 11.4 Å². The van der Waals surface area contributed by atoms with E-state index in [1.807, 2.05) is 11.0 Å². The van der Waals surface area contributed by atoms with Crippen LogP contribution < -0.4 is 10.6 Å². The van der Waals surface area contributed by atoms with Gasteiger partial charge in [0.15, 0.2) is 0 Å². The largest absolute Gasteiger partial charge is 0.366 e. The SMILES string of the molecule is N#Cc1ccc(N2CCCC(CCN)C2)c([N+](=O)[O-])c1. The zero-order chi connectivity index (χ0) is 14.5. The second-order valence-electron chi connectivity index (χ2n) is 5.10. The topological polar surface area (TPSA) is 96.2 Å². The number of piperidine rings is 1. The van der Waals surface area contributed by atoms with E-state index < -0.39 is 4.92 Å². The Kier molecular flexibility index (Phi) is 4.53. The zero-order valence-electron chi connectivity index (χ0n) is 11.3. The Morgan fingerprint density at radius 3 is 3.00 bits per heavy atom. The van der Waals surface area contributed by atoms with Gasteiger partial charge in [0.25, 0.3) is 5.69 Å². The predicted octanol–water partition coefficient (Wildman–Crippen LogP) is 2.03. The summed E-state index contributed by atoms with van der Waals surface area (Å²) in [4.78, 5) is 12.8. The third-order valence-corrected chi connectivity index (χ3v) is 3.74. The van der Waals surface area contributed by atoms with E-state index in [1.165, 1.54) is 6.07 Å². The second kappa shape index (κ2) is 6.35. The molecule has 2 rings (SSSR count). The van der Waals surface area contributed by atoms with E-state index >= 15 is 0 Å². The molecule has 1 aliphatic heterocycles. The highest BCUT2D eigenvalue weighted by Gasteiger charge is 2.25. The molecule has 1 heterocycles. The van der Waals surface area contributed by atoms with Crippen LogP contribution in [0.5, 0.6) is 0 Å². The minimum atomic E-state index is -0.414. The van der Waals surface area contributed by atoms with Gasteiger partial charge in [-0.3, -0.25) is 10.1 Å². The molecule has 1 fully saturated rings. The molecule has 20 heavy (non-hydrogen) atoms. The van der Waals surface area contributed by atoms with Gasteiger partial charge in [0.05, 0.1) is 16.6 Å². The maximum absolute atomic E-state index is 11.2. The lowest BCUT2D eigenvalue weighted by Crippen LogP contribution is -2.36. The first-order valence-electron chi connectivity index (χ1n) is 6.79. The number of benzene rings is 1. The number of hydrogen-bond acceptors (Lipinski definition) is 5. The molecule has 1 aliphatic rings. The number of nitrogens with two attached hydrogens (primary N) is 1. The lowest BCUT2D eigenvalue weighted by atomic mass is 9.94. The van der Waals surface area contributed by atoms with Crippen molar-refractivity contribution in [3.8, 4) is 6.07 Å². The summed E-state index contributed by atoms with van der Waals surface area (Å²) in [7, 11) is 0. The van der Waals surface area contributed by atoms with E-state index in [4.69, 9.17) is 11.0 Å². The van der Waals surface area contributed by atoms with E-state index in [0.717, 1.165) is 32.4 Å². The van der Waals surface area contributed by atoms with Crippen molar-refractivity contribution in [2.24, 2.45) is 11.7 Å². The lowest BCUT2D eigenvalue weighted by molar-refractivity contribution is -0.384. The first-order valence-corrected chi connectivity index (χ1v) is 6.79.